The molecule has 0 atom stereocenters. The highest BCUT2D eigenvalue weighted by Crippen LogP contribution is 2.22. The second kappa shape index (κ2) is 3.42. The maximum absolute atomic E-state index is 9.29. The molecule has 1 radical (unpaired) electrons. The molecule has 2 rings (SSSR count). The van der Waals surface area contributed by atoms with Crippen LogP contribution in [-0.4, -0.2) is 23.9 Å². The maximum Gasteiger partial charge on any atom is 0.205 e. The molecule has 0 spiro atoms. The third kappa shape index (κ3) is 1.70. The number of fused-ring (bicyclic) bond motifs is 1. The lowest BCUT2D eigenvalue weighted by molar-refractivity contribution is 0.415. The predicted octanol–water partition coefficient (Wildman–Crippen LogP) is 1.42. The minimum atomic E-state index is 0.382. The Bertz CT molecular complexity index is 314. The first-order valence-electron chi connectivity index (χ1n) is 4.64. The molecule has 1 aromatic carbocycles. The molecule has 67 valence electrons. The SMILES string of the molecule is C[B]N1CCc2cc(O)ccc2C1. The van der Waals surface area contributed by atoms with E-state index in [1.54, 1.807) is 6.07 Å². The summed E-state index contributed by atoms with van der Waals surface area (Å²) in [6, 6.07) is 5.65. The molecule has 0 fully saturated rings. The highest BCUT2D eigenvalue weighted by atomic mass is 16.3. The molecule has 0 saturated heterocycles. The number of phenols is 1. The molecular formula is C10H13BNO. The van der Waals surface area contributed by atoms with Crippen LogP contribution in [0.2, 0.25) is 6.82 Å². The zero-order valence-corrected chi connectivity index (χ0v) is 7.83. The van der Waals surface area contributed by atoms with E-state index in [4.69, 9.17) is 0 Å². The average Bonchev–Trinajstić information content (AvgIpc) is 2.17. The smallest absolute Gasteiger partial charge is 0.205 e. The van der Waals surface area contributed by atoms with Crippen LogP contribution in [0.1, 0.15) is 11.1 Å². The van der Waals surface area contributed by atoms with E-state index in [2.05, 4.69) is 19.0 Å². The van der Waals surface area contributed by atoms with Gasteiger partial charge in [-0.25, -0.2) is 0 Å². The van der Waals surface area contributed by atoms with Crippen molar-refractivity contribution < 1.29 is 5.11 Å². The Kier molecular flexibility index (Phi) is 2.27. The largest absolute Gasteiger partial charge is 0.508 e. The van der Waals surface area contributed by atoms with Crippen molar-refractivity contribution in [3.05, 3.63) is 29.3 Å². The summed E-state index contributed by atoms with van der Waals surface area (Å²) < 4.78 is 0. The van der Waals surface area contributed by atoms with Crippen molar-refractivity contribution in [2.75, 3.05) is 6.54 Å². The molecule has 0 saturated carbocycles. The van der Waals surface area contributed by atoms with Gasteiger partial charge >= 0.3 is 0 Å². The van der Waals surface area contributed by atoms with Crippen LogP contribution in [0.4, 0.5) is 0 Å². The lowest BCUT2D eigenvalue weighted by atomic mass is 9.89. The molecule has 1 heterocycles. The fourth-order valence-corrected chi connectivity index (χ4v) is 1.78. The monoisotopic (exact) mass is 174 g/mol. The van der Waals surface area contributed by atoms with Gasteiger partial charge in [0, 0.05) is 6.54 Å². The minimum absolute atomic E-state index is 0.382. The van der Waals surface area contributed by atoms with Gasteiger partial charge in [0.15, 0.2) is 0 Å². The third-order valence-electron chi connectivity index (χ3n) is 2.60. The second-order valence-electron chi connectivity index (χ2n) is 3.43. The Labute approximate surface area is 79.4 Å². The Balaban J connectivity index is 2.26. The molecule has 3 heteroatoms. The number of hydrogen-bond donors (Lipinski definition) is 1. The molecule has 0 amide bonds. The summed E-state index contributed by atoms with van der Waals surface area (Å²) in [5.41, 5.74) is 2.63. The van der Waals surface area contributed by atoms with Crippen LogP contribution in [0.15, 0.2) is 18.2 Å². The van der Waals surface area contributed by atoms with E-state index in [1.165, 1.54) is 11.1 Å². The highest BCUT2D eigenvalue weighted by Gasteiger charge is 2.14. The summed E-state index contributed by atoms with van der Waals surface area (Å²) in [7, 11) is 2.12. The number of aromatic hydroxyl groups is 1. The van der Waals surface area contributed by atoms with Gasteiger partial charge in [-0.05, 0) is 36.2 Å². The normalized spacial score (nSPS) is 16.7. The maximum atomic E-state index is 9.29. The minimum Gasteiger partial charge on any atom is -0.508 e. The van der Waals surface area contributed by atoms with Crippen LogP contribution in [-0.2, 0) is 13.0 Å². The first-order chi connectivity index (χ1) is 6.29. The molecule has 0 aliphatic carbocycles. The van der Waals surface area contributed by atoms with Crippen molar-refractivity contribution in [1.29, 1.82) is 0 Å². The quantitative estimate of drug-likeness (QED) is 0.650. The number of rotatable bonds is 1. The van der Waals surface area contributed by atoms with Crippen LogP contribution < -0.4 is 0 Å². The van der Waals surface area contributed by atoms with Gasteiger partial charge in [-0.3, -0.25) is 0 Å². The van der Waals surface area contributed by atoms with E-state index in [-0.39, 0.29) is 0 Å². The van der Waals surface area contributed by atoms with Gasteiger partial charge in [0.05, 0.1) is 0 Å². The summed E-state index contributed by atoms with van der Waals surface area (Å²) in [4.78, 5) is 2.29. The fraction of sp³-hybridized carbons (Fsp3) is 0.400. The summed E-state index contributed by atoms with van der Waals surface area (Å²) in [5, 5.41) is 9.29. The van der Waals surface area contributed by atoms with Crippen molar-refractivity contribution in [2.24, 2.45) is 0 Å². The Morgan fingerprint density at radius 2 is 2.23 bits per heavy atom. The molecule has 1 aromatic rings. The zero-order chi connectivity index (χ0) is 9.26. The third-order valence-corrected chi connectivity index (χ3v) is 2.60. The van der Waals surface area contributed by atoms with Gasteiger partial charge in [0.2, 0.25) is 7.41 Å². The first-order valence-corrected chi connectivity index (χ1v) is 4.64. The number of benzene rings is 1. The summed E-state index contributed by atoms with van der Waals surface area (Å²) >= 11 is 0. The Hall–Kier alpha value is -0.955. The zero-order valence-electron chi connectivity index (χ0n) is 7.83. The van der Waals surface area contributed by atoms with E-state index < -0.39 is 0 Å². The molecular weight excluding hydrogens is 161 g/mol. The molecule has 0 unspecified atom stereocenters. The average molecular weight is 174 g/mol. The Morgan fingerprint density at radius 1 is 1.38 bits per heavy atom. The molecule has 13 heavy (non-hydrogen) atoms. The fourth-order valence-electron chi connectivity index (χ4n) is 1.78. The summed E-state index contributed by atoms with van der Waals surface area (Å²) in [5.74, 6) is 0.382. The number of hydrogen-bond acceptors (Lipinski definition) is 2. The molecule has 1 aliphatic heterocycles. The van der Waals surface area contributed by atoms with E-state index in [1.807, 2.05) is 12.1 Å². The van der Waals surface area contributed by atoms with Gasteiger partial charge in [-0.2, -0.15) is 0 Å². The van der Waals surface area contributed by atoms with E-state index in [0.717, 1.165) is 19.5 Å². The van der Waals surface area contributed by atoms with Crippen molar-refractivity contribution in [2.45, 2.75) is 19.8 Å². The first kappa shape index (κ1) is 8.63. The molecule has 2 nitrogen and oxygen atoms in total. The highest BCUT2D eigenvalue weighted by molar-refractivity contribution is 6.29. The van der Waals surface area contributed by atoms with Gasteiger partial charge in [-0.1, -0.05) is 12.9 Å². The molecule has 0 aromatic heterocycles. The van der Waals surface area contributed by atoms with Crippen LogP contribution in [0.5, 0.6) is 5.75 Å². The van der Waals surface area contributed by atoms with Gasteiger partial charge in [0.1, 0.15) is 5.75 Å². The van der Waals surface area contributed by atoms with E-state index in [0.29, 0.717) is 5.75 Å². The van der Waals surface area contributed by atoms with Crippen molar-refractivity contribution >= 4 is 7.41 Å². The lowest BCUT2D eigenvalue weighted by Gasteiger charge is -2.27. The molecule has 1 N–H and O–H groups in total. The lowest BCUT2D eigenvalue weighted by Crippen LogP contribution is -2.32. The molecule has 0 bridgehead atoms. The predicted molar refractivity (Wildman–Crippen MR) is 53.8 cm³/mol. The van der Waals surface area contributed by atoms with Crippen molar-refractivity contribution in [3.8, 4) is 5.75 Å². The van der Waals surface area contributed by atoms with Crippen molar-refractivity contribution in [1.82, 2.24) is 4.81 Å². The van der Waals surface area contributed by atoms with E-state index in [9.17, 15) is 5.11 Å². The second-order valence-corrected chi connectivity index (χ2v) is 3.43. The van der Waals surface area contributed by atoms with Crippen LogP contribution in [0, 0.1) is 0 Å². The van der Waals surface area contributed by atoms with Crippen LogP contribution in [0.3, 0.4) is 0 Å². The van der Waals surface area contributed by atoms with E-state index >= 15 is 0 Å². The summed E-state index contributed by atoms with van der Waals surface area (Å²) in [6.07, 6.45) is 1.04. The van der Waals surface area contributed by atoms with Crippen LogP contribution in [0.25, 0.3) is 0 Å². The van der Waals surface area contributed by atoms with Crippen LogP contribution >= 0.6 is 0 Å². The molecule has 1 aliphatic rings. The standard InChI is InChI=1S/C10H13BNO/c1-11-12-5-4-8-6-10(13)3-2-9(8)7-12/h2-3,6,13H,4-5,7H2,1H3. The topological polar surface area (TPSA) is 23.5 Å². The van der Waals surface area contributed by atoms with Gasteiger partial charge < -0.3 is 9.92 Å². The Morgan fingerprint density at radius 3 is 3.00 bits per heavy atom. The van der Waals surface area contributed by atoms with Gasteiger partial charge in [0.25, 0.3) is 0 Å². The number of nitrogens with zero attached hydrogens (tertiary/aromatic N) is 1. The van der Waals surface area contributed by atoms with Gasteiger partial charge in [-0.15, -0.1) is 0 Å². The number of phenolic OH excluding ortho intramolecular Hbond substituents is 1. The summed E-state index contributed by atoms with van der Waals surface area (Å²) in [6.45, 7) is 4.10. The van der Waals surface area contributed by atoms with Crippen molar-refractivity contribution in [3.63, 3.8) is 0 Å².